The summed E-state index contributed by atoms with van der Waals surface area (Å²) < 4.78 is 49.9. The summed E-state index contributed by atoms with van der Waals surface area (Å²) in [6.45, 7) is 0.763. The van der Waals surface area contributed by atoms with Crippen LogP contribution in [0.1, 0.15) is 11.1 Å². The quantitative estimate of drug-likeness (QED) is 0.846. The van der Waals surface area contributed by atoms with Gasteiger partial charge in [-0.05, 0) is 41.8 Å². The monoisotopic (exact) mass is 351 g/mol. The van der Waals surface area contributed by atoms with Crippen LogP contribution in [0.25, 0.3) is 0 Å². The molecule has 0 aromatic heterocycles. The van der Waals surface area contributed by atoms with Gasteiger partial charge in [-0.3, -0.25) is 0 Å². The van der Waals surface area contributed by atoms with Crippen molar-refractivity contribution >= 4 is 19.9 Å². The molecule has 0 saturated heterocycles. The summed E-state index contributed by atoms with van der Waals surface area (Å²) in [6.07, 6.45) is 1.77. The average molecular weight is 351 g/mol. The highest BCUT2D eigenvalue weighted by Crippen LogP contribution is 2.25. The molecule has 3 rings (SSSR count). The van der Waals surface area contributed by atoms with Crippen molar-refractivity contribution in [3.05, 3.63) is 59.7 Å². The number of fused-ring (bicyclic) bond motifs is 1. The normalized spacial score (nSPS) is 16.0. The molecule has 1 aliphatic rings. The highest BCUT2D eigenvalue weighted by atomic mass is 32.2. The number of rotatable bonds is 3. The van der Waals surface area contributed by atoms with Gasteiger partial charge in [-0.2, -0.15) is 4.31 Å². The van der Waals surface area contributed by atoms with E-state index in [4.69, 9.17) is 0 Å². The van der Waals surface area contributed by atoms with Crippen LogP contribution in [0.4, 0.5) is 0 Å². The summed E-state index contributed by atoms with van der Waals surface area (Å²) in [5, 5.41) is 0. The summed E-state index contributed by atoms with van der Waals surface area (Å²) in [5.41, 5.74) is 2.18. The van der Waals surface area contributed by atoms with Crippen LogP contribution in [0.2, 0.25) is 0 Å². The van der Waals surface area contributed by atoms with E-state index < -0.39 is 19.9 Å². The highest BCUT2D eigenvalue weighted by molar-refractivity contribution is 7.90. The maximum absolute atomic E-state index is 12.7. The topological polar surface area (TPSA) is 71.5 Å². The number of hydrogen-bond donors (Lipinski definition) is 0. The first-order valence-electron chi connectivity index (χ1n) is 7.15. The Bertz CT molecular complexity index is 932. The molecule has 0 N–H and O–H groups in total. The maximum atomic E-state index is 12.7. The molecule has 122 valence electrons. The van der Waals surface area contributed by atoms with Crippen molar-refractivity contribution in [2.45, 2.75) is 22.8 Å². The third-order valence-corrected chi connectivity index (χ3v) is 6.97. The Hall–Kier alpha value is -1.70. The second-order valence-corrected chi connectivity index (χ2v) is 9.55. The molecule has 1 heterocycles. The third kappa shape index (κ3) is 3.17. The van der Waals surface area contributed by atoms with Gasteiger partial charge >= 0.3 is 0 Å². The summed E-state index contributed by atoms with van der Waals surface area (Å²) in [7, 11) is -6.97. The van der Waals surface area contributed by atoms with Gasteiger partial charge in [-0.15, -0.1) is 0 Å². The van der Waals surface area contributed by atoms with E-state index in [2.05, 4.69) is 0 Å². The lowest BCUT2D eigenvalue weighted by molar-refractivity contribution is 0.391. The first kappa shape index (κ1) is 16.2. The first-order valence-corrected chi connectivity index (χ1v) is 10.5. The zero-order chi connectivity index (χ0) is 16.7. The smallest absolute Gasteiger partial charge is 0.224 e. The Balaban J connectivity index is 1.91. The van der Waals surface area contributed by atoms with Crippen molar-refractivity contribution in [3.63, 3.8) is 0 Å². The fraction of sp³-hybridized carbons (Fsp3) is 0.250. The molecule has 1 aliphatic heterocycles. The van der Waals surface area contributed by atoms with E-state index in [-0.39, 0.29) is 9.79 Å². The van der Waals surface area contributed by atoms with Crippen molar-refractivity contribution in [1.82, 2.24) is 4.31 Å². The van der Waals surface area contributed by atoms with E-state index in [0.717, 1.165) is 11.8 Å². The van der Waals surface area contributed by atoms with Gasteiger partial charge in [0.15, 0.2) is 9.84 Å². The van der Waals surface area contributed by atoms with Gasteiger partial charge in [0.2, 0.25) is 10.0 Å². The predicted octanol–water partition coefficient (Wildman–Crippen LogP) is 1.84. The molecule has 0 saturated carbocycles. The summed E-state index contributed by atoms with van der Waals surface area (Å²) in [4.78, 5) is 0.227. The molecule has 0 atom stereocenters. The van der Waals surface area contributed by atoms with E-state index in [0.29, 0.717) is 19.5 Å². The van der Waals surface area contributed by atoms with Gasteiger partial charge < -0.3 is 0 Å². The van der Waals surface area contributed by atoms with Gasteiger partial charge in [-0.25, -0.2) is 16.8 Å². The molecule has 0 fully saturated rings. The zero-order valence-corrected chi connectivity index (χ0v) is 14.3. The van der Waals surface area contributed by atoms with E-state index in [9.17, 15) is 16.8 Å². The fourth-order valence-corrected chi connectivity index (χ4v) is 4.73. The molecule has 0 bridgehead atoms. The van der Waals surface area contributed by atoms with Gasteiger partial charge in [0.25, 0.3) is 0 Å². The standard InChI is InChI=1S/C16H17NO4S2/c1-22(18,19)15-6-8-16(9-7-15)23(20,21)17-11-10-13-4-2-3-5-14(13)12-17/h2-9H,10-12H2,1H3. The van der Waals surface area contributed by atoms with Gasteiger partial charge in [0.1, 0.15) is 0 Å². The Labute approximate surface area is 136 Å². The molecule has 7 heteroatoms. The molecular formula is C16H17NO4S2. The van der Waals surface area contributed by atoms with Crippen molar-refractivity contribution < 1.29 is 16.8 Å². The largest absolute Gasteiger partial charge is 0.243 e. The van der Waals surface area contributed by atoms with E-state index in [1.807, 2.05) is 24.3 Å². The number of benzene rings is 2. The van der Waals surface area contributed by atoms with Crippen LogP contribution in [-0.2, 0) is 32.8 Å². The maximum Gasteiger partial charge on any atom is 0.243 e. The van der Waals surface area contributed by atoms with Crippen LogP contribution >= 0.6 is 0 Å². The number of sulfone groups is 1. The second kappa shape index (κ2) is 5.74. The van der Waals surface area contributed by atoms with Crippen LogP contribution < -0.4 is 0 Å². The van der Waals surface area contributed by atoms with Crippen LogP contribution in [0.5, 0.6) is 0 Å². The Morgan fingerprint density at radius 1 is 0.826 bits per heavy atom. The van der Waals surface area contributed by atoms with Crippen molar-refractivity contribution in [2.24, 2.45) is 0 Å². The summed E-state index contributed by atoms with van der Waals surface area (Å²) >= 11 is 0. The predicted molar refractivity (Wildman–Crippen MR) is 87.3 cm³/mol. The fourth-order valence-electron chi connectivity index (χ4n) is 2.68. The minimum Gasteiger partial charge on any atom is -0.224 e. The lowest BCUT2D eigenvalue weighted by atomic mass is 10.0. The molecular weight excluding hydrogens is 334 g/mol. The molecule has 0 amide bonds. The molecule has 0 radical (unpaired) electrons. The Morgan fingerprint density at radius 2 is 1.39 bits per heavy atom. The SMILES string of the molecule is CS(=O)(=O)c1ccc(S(=O)(=O)N2CCc3ccccc3C2)cc1. The molecule has 0 aliphatic carbocycles. The van der Waals surface area contributed by atoms with Crippen LogP contribution in [0, 0.1) is 0 Å². The van der Waals surface area contributed by atoms with Crippen LogP contribution in [0.3, 0.4) is 0 Å². The first-order chi connectivity index (χ1) is 10.8. The van der Waals surface area contributed by atoms with Gasteiger partial charge in [-0.1, -0.05) is 24.3 Å². The minimum absolute atomic E-state index is 0.112. The number of hydrogen-bond acceptors (Lipinski definition) is 4. The average Bonchev–Trinajstić information content (AvgIpc) is 2.53. The van der Waals surface area contributed by atoms with E-state index in [1.165, 1.54) is 34.1 Å². The van der Waals surface area contributed by atoms with Crippen molar-refractivity contribution in [1.29, 1.82) is 0 Å². The Kier molecular flexibility index (Phi) is 4.03. The molecule has 0 unspecified atom stereocenters. The minimum atomic E-state index is -3.63. The van der Waals surface area contributed by atoms with Crippen LogP contribution in [-0.4, -0.2) is 33.9 Å². The highest BCUT2D eigenvalue weighted by Gasteiger charge is 2.28. The lowest BCUT2D eigenvalue weighted by Crippen LogP contribution is -2.35. The van der Waals surface area contributed by atoms with Gasteiger partial charge in [0, 0.05) is 19.3 Å². The molecule has 5 nitrogen and oxygen atoms in total. The molecule has 0 spiro atoms. The third-order valence-electron chi connectivity index (χ3n) is 3.99. The summed E-state index contributed by atoms with van der Waals surface area (Å²) in [6, 6.07) is 13.2. The number of nitrogens with zero attached hydrogens (tertiary/aromatic N) is 1. The molecule has 2 aromatic carbocycles. The number of sulfonamides is 1. The second-order valence-electron chi connectivity index (χ2n) is 5.60. The van der Waals surface area contributed by atoms with E-state index in [1.54, 1.807) is 0 Å². The lowest BCUT2D eigenvalue weighted by Gasteiger charge is -2.28. The molecule has 23 heavy (non-hydrogen) atoms. The van der Waals surface area contributed by atoms with Gasteiger partial charge in [0.05, 0.1) is 9.79 Å². The zero-order valence-electron chi connectivity index (χ0n) is 12.6. The molecule has 2 aromatic rings. The van der Waals surface area contributed by atoms with Crippen molar-refractivity contribution in [2.75, 3.05) is 12.8 Å². The Morgan fingerprint density at radius 3 is 2.00 bits per heavy atom. The van der Waals surface area contributed by atoms with Crippen LogP contribution in [0.15, 0.2) is 58.3 Å². The summed E-state index contributed by atoms with van der Waals surface area (Å²) in [5.74, 6) is 0. The van der Waals surface area contributed by atoms with Crippen molar-refractivity contribution in [3.8, 4) is 0 Å². The van der Waals surface area contributed by atoms with E-state index >= 15 is 0 Å².